The van der Waals surface area contributed by atoms with Crippen LogP contribution in [0.5, 0.6) is 0 Å². The van der Waals surface area contributed by atoms with E-state index in [1.54, 1.807) is 17.1 Å². The van der Waals surface area contributed by atoms with Crippen molar-refractivity contribution in [1.82, 2.24) is 24.6 Å². The van der Waals surface area contributed by atoms with Crippen LogP contribution in [0.4, 0.5) is 0 Å². The number of carbonyl (C=O) groups excluding carboxylic acids is 1. The average molecular weight is 343 g/mol. The van der Waals surface area contributed by atoms with Crippen molar-refractivity contribution in [3.8, 4) is 11.6 Å². The Kier molecular flexibility index (Phi) is 3.68. The molecule has 8 heteroatoms. The second kappa shape index (κ2) is 5.86. The zero-order chi connectivity index (χ0) is 16.7. The van der Waals surface area contributed by atoms with Crippen molar-refractivity contribution >= 4 is 17.2 Å². The third kappa shape index (κ3) is 2.43. The van der Waals surface area contributed by atoms with Gasteiger partial charge in [0.15, 0.2) is 5.69 Å². The Hall–Kier alpha value is -2.48. The molecule has 0 radical (unpaired) electrons. The Balaban J connectivity index is 1.71. The second-order valence-electron chi connectivity index (χ2n) is 5.72. The third-order valence-electron chi connectivity index (χ3n) is 4.20. The van der Waals surface area contributed by atoms with Gasteiger partial charge in [0.1, 0.15) is 11.5 Å². The van der Waals surface area contributed by atoms with Gasteiger partial charge in [-0.15, -0.1) is 11.3 Å². The number of nitrogens with zero attached hydrogens (tertiary/aromatic N) is 5. The molecule has 0 atom stereocenters. The first kappa shape index (κ1) is 15.1. The number of amides is 1. The molecule has 124 valence electrons. The van der Waals surface area contributed by atoms with E-state index in [1.807, 2.05) is 16.5 Å². The topological polar surface area (TPSA) is 77.0 Å². The molecule has 0 aliphatic carbocycles. The molecule has 0 unspecified atom stereocenters. The normalized spacial score (nSPS) is 14.0. The number of fused-ring (bicyclic) bond motifs is 1. The summed E-state index contributed by atoms with van der Waals surface area (Å²) in [5.74, 6) is 1.22. The van der Waals surface area contributed by atoms with Crippen molar-refractivity contribution in [3.05, 3.63) is 39.8 Å². The minimum atomic E-state index is -0.0410. The summed E-state index contributed by atoms with van der Waals surface area (Å²) in [5, 5.41) is 6.44. The molecule has 0 spiro atoms. The number of aromatic nitrogens is 4. The summed E-state index contributed by atoms with van der Waals surface area (Å²) in [5.41, 5.74) is 5.09. The van der Waals surface area contributed by atoms with Gasteiger partial charge in [-0.3, -0.25) is 9.48 Å². The molecular formula is C16H17N5O2S. The first-order valence-corrected chi connectivity index (χ1v) is 8.80. The average Bonchev–Trinajstić information content (AvgIpc) is 3.32. The maximum atomic E-state index is 12.6. The van der Waals surface area contributed by atoms with Gasteiger partial charge in [-0.25, -0.2) is 9.97 Å². The Labute approximate surface area is 142 Å². The zero-order valence-electron chi connectivity index (χ0n) is 13.5. The molecule has 0 N–H and O–H groups in total. The number of hydrogen-bond acceptors (Lipinski definition) is 6. The van der Waals surface area contributed by atoms with Crippen LogP contribution in [0.1, 0.15) is 34.4 Å². The van der Waals surface area contributed by atoms with Crippen molar-refractivity contribution in [3.63, 3.8) is 0 Å². The fourth-order valence-electron chi connectivity index (χ4n) is 3.04. The van der Waals surface area contributed by atoms with Crippen LogP contribution in [0.2, 0.25) is 0 Å². The lowest BCUT2D eigenvalue weighted by Gasteiger charge is -2.27. The molecule has 0 bridgehead atoms. The van der Waals surface area contributed by atoms with E-state index in [0.717, 1.165) is 35.7 Å². The minimum Gasteiger partial charge on any atom is -0.440 e. The summed E-state index contributed by atoms with van der Waals surface area (Å²) in [6, 6.07) is 0. The van der Waals surface area contributed by atoms with Crippen molar-refractivity contribution in [2.24, 2.45) is 0 Å². The van der Waals surface area contributed by atoms with Gasteiger partial charge in [0.2, 0.25) is 5.89 Å². The van der Waals surface area contributed by atoms with Gasteiger partial charge >= 0.3 is 0 Å². The Morgan fingerprint density at radius 1 is 1.42 bits per heavy atom. The largest absolute Gasteiger partial charge is 0.440 e. The maximum Gasteiger partial charge on any atom is 0.273 e. The van der Waals surface area contributed by atoms with Crippen molar-refractivity contribution < 1.29 is 9.21 Å². The second-order valence-corrected chi connectivity index (χ2v) is 6.43. The van der Waals surface area contributed by atoms with E-state index in [9.17, 15) is 4.79 Å². The zero-order valence-corrected chi connectivity index (χ0v) is 14.3. The van der Waals surface area contributed by atoms with Crippen molar-refractivity contribution in [1.29, 1.82) is 0 Å². The van der Waals surface area contributed by atoms with Gasteiger partial charge < -0.3 is 9.32 Å². The molecule has 7 nitrogen and oxygen atoms in total. The summed E-state index contributed by atoms with van der Waals surface area (Å²) in [6.07, 6.45) is 2.46. The van der Waals surface area contributed by atoms with Crippen LogP contribution in [0, 0.1) is 6.92 Å². The van der Waals surface area contributed by atoms with E-state index in [1.165, 1.54) is 11.3 Å². The van der Waals surface area contributed by atoms with Gasteiger partial charge in [-0.05, 0) is 13.8 Å². The molecule has 1 amide bonds. The van der Waals surface area contributed by atoms with Gasteiger partial charge in [-0.1, -0.05) is 0 Å². The molecule has 0 fully saturated rings. The maximum absolute atomic E-state index is 12.6. The molecular weight excluding hydrogens is 326 g/mol. The van der Waals surface area contributed by atoms with E-state index < -0.39 is 0 Å². The molecule has 3 aromatic heterocycles. The Morgan fingerprint density at radius 3 is 2.96 bits per heavy atom. The fourth-order valence-corrected chi connectivity index (χ4v) is 3.57. The quantitative estimate of drug-likeness (QED) is 0.730. The number of hydrogen-bond donors (Lipinski definition) is 0. The highest BCUT2D eigenvalue weighted by Crippen LogP contribution is 2.30. The Bertz CT molecular complexity index is 881. The van der Waals surface area contributed by atoms with Crippen molar-refractivity contribution in [2.75, 3.05) is 6.54 Å². The molecule has 1 aliphatic rings. The predicted octanol–water partition coefficient (Wildman–Crippen LogP) is 2.52. The molecule has 4 heterocycles. The predicted molar refractivity (Wildman–Crippen MR) is 88.7 cm³/mol. The van der Waals surface area contributed by atoms with Gasteiger partial charge in [0.05, 0.1) is 18.3 Å². The summed E-state index contributed by atoms with van der Waals surface area (Å²) in [7, 11) is 0. The minimum absolute atomic E-state index is 0.0410. The summed E-state index contributed by atoms with van der Waals surface area (Å²) < 4.78 is 7.64. The lowest BCUT2D eigenvalue weighted by Crippen LogP contribution is -2.36. The summed E-state index contributed by atoms with van der Waals surface area (Å²) in [6.45, 7) is 5.87. The van der Waals surface area contributed by atoms with E-state index in [-0.39, 0.29) is 5.91 Å². The van der Waals surface area contributed by atoms with Gasteiger partial charge in [-0.2, -0.15) is 5.10 Å². The number of thiazole rings is 1. The van der Waals surface area contributed by atoms with Crippen LogP contribution in [0.3, 0.4) is 0 Å². The van der Waals surface area contributed by atoms with Crippen LogP contribution in [0.15, 0.2) is 21.5 Å². The number of rotatable bonds is 3. The van der Waals surface area contributed by atoms with Gasteiger partial charge in [0, 0.05) is 36.1 Å². The highest BCUT2D eigenvalue weighted by atomic mass is 32.1. The number of carbonyl (C=O) groups is 1. The van der Waals surface area contributed by atoms with Crippen LogP contribution in [-0.2, 0) is 19.5 Å². The van der Waals surface area contributed by atoms with Crippen LogP contribution >= 0.6 is 11.3 Å². The Morgan fingerprint density at radius 2 is 2.29 bits per heavy atom. The molecule has 0 saturated carbocycles. The van der Waals surface area contributed by atoms with Crippen LogP contribution in [0.25, 0.3) is 11.6 Å². The van der Waals surface area contributed by atoms with Gasteiger partial charge in [0.25, 0.3) is 5.91 Å². The molecule has 3 aromatic rings. The highest BCUT2D eigenvalue weighted by Gasteiger charge is 2.30. The van der Waals surface area contributed by atoms with Crippen LogP contribution in [-0.4, -0.2) is 37.1 Å². The lowest BCUT2D eigenvalue weighted by molar-refractivity contribution is 0.0728. The molecule has 24 heavy (non-hydrogen) atoms. The highest BCUT2D eigenvalue weighted by molar-refractivity contribution is 7.07. The summed E-state index contributed by atoms with van der Waals surface area (Å²) >= 11 is 1.43. The smallest absolute Gasteiger partial charge is 0.273 e. The first-order valence-electron chi connectivity index (χ1n) is 7.86. The van der Waals surface area contributed by atoms with Crippen molar-refractivity contribution in [2.45, 2.75) is 33.4 Å². The summed E-state index contributed by atoms with van der Waals surface area (Å²) in [4.78, 5) is 22.9. The molecule has 0 saturated heterocycles. The van der Waals surface area contributed by atoms with E-state index in [4.69, 9.17) is 4.42 Å². The van der Waals surface area contributed by atoms with Crippen LogP contribution < -0.4 is 0 Å². The third-order valence-corrected chi connectivity index (χ3v) is 4.78. The van der Waals surface area contributed by atoms with E-state index in [0.29, 0.717) is 24.7 Å². The molecule has 4 rings (SSSR count). The molecule has 0 aromatic carbocycles. The number of aryl methyl sites for hydroxylation is 2. The monoisotopic (exact) mass is 343 g/mol. The number of oxazole rings is 1. The fraction of sp³-hybridized carbons (Fsp3) is 0.375. The SMILES string of the molecule is CCn1nc(-c2ncc(C)o2)c2c1CCN(C(=O)c1cscn1)C2. The first-order chi connectivity index (χ1) is 11.7. The van der Waals surface area contributed by atoms with E-state index in [2.05, 4.69) is 22.0 Å². The van der Waals surface area contributed by atoms with E-state index >= 15 is 0 Å². The standard InChI is InChI=1S/C16H17N5O2S/c1-3-21-13-4-5-20(16(22)12-8-24-9-18-12)7-11(13)14(19-21)15-17-6-10(2)23-15/h6,8-9H,3-5,7H2,1-2H3. The molecule has 1 aliphatic heterocycles. The lowest BCUT2D eigenvalue weighted by atomic mass is 10.0.